The predicted octanol–water partition coefficient (Wildman–Crippen LogP) is 2.12. The highest BCUT2D eigenvalue weighted by molar-refractivity contribution is 7.12. The van der Waals surface area contributed by atoms with Gasteiger partial charge in [0.25, 0.3) is 5.91 Å². The van der Waals surface area contributed by atoms with Crippen LogP contribution in [0.1, 0.15) is 43.8 Å². The smallest absolute Gasteiger partial charge is 0.309 e. The van der Waals surface area contributed by atoms with E-state index in [9.17, 15) is 14.4 Å². The molecular weight excluding hydrogens is 316 g/mol. The van der Waals surface area contributed by atoms with Crippen LogP contribution in [-0.4, -0.2) is 35.5 Å². The van der Waals surface area contributed by atoms with Gasteiger partial charge in [-0.1, -0.05) is 19.9 Å². The summed E-state index contributed by atoms with van der Waals surface area (Å²) in [6, 6.07) is 2.82. The van der Waals surface area contributed by atoms with E-state index in [1.54, 1.807) is 31.4 Å². The molecular formula is C16H24N2O4S. The Balaban J connectivity index is 2.58. The van der Waals surface area contributed by atoms with Crippen molar-refractivity contribution in [2.45, 2.75) is 40.2 Å². The summed E-state index contributed by atoms with van der Waals surface area (Å²) in [5.74, 6) is -1.56. The van der Waals surface area contributed by atoms with Gasteiger partial charge < -0.3 is 15.7 Å². The monoisotopic (exact) mass is 340 g/mol. The van der Waals surface area contributed by atoms with Crippen molar-refractivity contribution < 1.29 is 19.5 Å². The molecule has 128 valence electrons. The molecule has 6 nitrogen and oxygen atoms in total. The van der Waals surface area contributed by atoms with Crippen LogP contribution >= 0.6 is 11.3 Å². The number of carboxylic acids is 1. The molecule has 1 atom stereocenters. The van der Waals surface area contributed by atoms with Crippen LogP contribution in [-0.2, 0) is 9.59 Å². The Hall–Kier alpha value is -1.89. The Kier molecular flexibility index (Phi) is 6.75. The Labute approximate surface area is 140 Å². The van der Waals surface area contributed by atoms with Gasteiger partial charge in [0, 0.05) is 6.54 Å². The molecule has 1 heterocycles. The number of carboxylic acid groups (broad SMARTS) is 1. The number of hydrogen-bond donors (Lipinski definition) is 3. The highest BCUT2D eigenvalue weighted by Crippen LogP contribution is 2.19. The molecule has 7 heteroatoms. The molecule has 1 rings (SSSR count). The van der Waals surface area contributed by atoms with E-state index in [2.05, 4.69) is 10.6 Å². The van der Waals surface area contributed by atoms with E-state index >= 15 is 0 Å². The van der Waals surface area contributed by atoms with Gasteiger partial charge >= 0.3 is 5.97 Å². The molecule has 23 heavy (non-hydrogen) atoms. The van der Waals surface area contributed by atoms with Gasteiger partial charge in [-0.15, -0.1) is 11.3 Å². The third-order valence-electron chi connectivity index (χ3n) is 3.61. The number of hydrogen-bond acceptors (Lipinski definition) is 4. The Morgan fingerprint density at radius 3 is 2.43 bits per heavy atom. The zero-order valence-electron chi connectivity index (χ0n) is 13.9. The lowest BCUT2D eigenvalue weighted by atomic mass is 9.89. The van der Waals surface area contributed by atoms with Crippen molar-refractivity contribution in [2.24, 2.45) is 11.3 Å². The van der Waals surface area contributed by atoms with Crippen molar-refractivity contribution in [3.05, 3.63) is 22.4 Å². The molecule has 1 unspecified atom stereocenters. The summed E-state index contributed by atoms with van der Waals surface area (Å²) < 4.78 is 0. The SMILES string of the molecule is CC(C)C(NC(=O)c1cccs1)C(=O)NCCC(C)(C)C(=O)O. The van der Waals surface area contributed by atoms with Gasteiger partial charge in [0.05, 0.1) is 10.3 Å². The molecule has 0 spiro atoms. The second-order valence-corrected chi connectivity index (χ2v) is 7.35. The first-order chi connectivity index (χ1) is 10.6. The van der Waals surface area contributed by atoms with Gasteiger partial charge in [0.2, 0.25) is 5.91 Å². The van der Waals surface area contributed by atoms with E-state index < -0.39 is 17.4 Å². The standard InChI is InChI=1S/C16H24N2O4S/c1-10(2)12(18-13(19)11-6-5-9-23-11)14(20)17-8-7-16(3,4)15(21)22/h5-6,9-10,12H,7-8H2,1-4H3,(H,17,20)(H,18,19)(H,21,22). The van der Waals surface area contributed by atoms with E-state index in [-0.39, 0.29) is 24.3 Å². The third kappa shape index (κ3) is 5.67. The molecule has 0 aromatic carbocycles. The van der Waals surface area contributed by atoms with Crippen molar-refractivity contribution >= 4 is 29.1 Å². The quantitative estimate of drug-likeness (QED) is 0.675. The van der Waals surface area contributed by atoms with Crippen molar-refractivity contribution in [3.63, 3.8) is 0 Å². The average Bonchev–Trinajstić information content (AvgIpc) is 2.97. The van der Waals surface area contributed by atoms with E-state index in [4.69, 9.17) is 5.11 Å². The maximum atomic E-state index is 12.3. The fraction of sp³-hybridized carbons (Fsp3) is 0.562. The van der Waals surface area contributed by atoms with Crippen LogP contribution in [0.15, 0.2) is 17.5 Å². The lowest BCUT2D eigenvalue weighted by Crippen LogP contribution is -2.50. The molecule has 1 aromatic rings. The normalized spacial score (nSPS) is 12.7. The minimum Gasteiger partial charge on any atom is -0.481 e. The van der Waals surface area contributed by atoms with Crippen molar-refractivity contribution in [1.29, 1.82) is 0 Å². The van der Waals surface area contributed by atoms with Gasteiger partial charge in [-0.25, -0.2) is 0 Å². The summed E-state index contributed by atoms with van der Waals surface area (Å²) in [6.07, 6.45) is 0.317. The second-order valence-electron chi connectivity index (χ2n) is 6.40. The Bertz CT molecular complexity index is 552. The zero-order chi connectivity index (χ0) is 17.6. The van der Waals surface area contributed by atoms with E-state index in [0.717, 1.165) is 0 Å². The molecule has 2 amide bonds. The number of rotatable bonds is 8. The van der Waals surface area contributed by atoms with Crippen LogP contribution in [0, 0.1) is 11.3 Å². The molecule has 0 aliphatic carbocycles. The van der Waals surface area contributed by atoms with Crippen LogP contribution in [0.2, 0.25) is 0 Å². The number of nitrogens with one attached hydrogen (secondary N) is 2. The van der Waals surface area contributed by atoms with E-state index in [1.165, 1.54) is 11.3 Å². The van der Waals surface area contributed by atoms with Gasteiger partial charge in [-0.05, 0) is 37.6 Å². The first kappa shape index (κ1) is 19.2. The Morgan fingerprint density at radius 1 is 1.30 bits per heavy atom. The summed E-state index contributed by atoms with van der Waals surface area (Å²) in [7, 11) is 0. The number of thiophene rings is 1. The van der Waals surface area contributed by atoms with Crippen molar-refractivity contribution in [1.82, 2.24) is 10.6 Å². The number of carbonyl (C=O) groups excluding carboxylic acids is 2. The minimum atomic E-state index is -0.904. The molecule has 0 aliphatic rings. The average molecular weight is 340 g/mol. The van der Waals surface area contributed by atoms with E-state index in [0.29, 0.717) is 11.3 Å². The summed E-state index contributed by atoms with van der Waals surface area (Å²) in [6.45, 7) is 7.16. The maximum Gasteiger partial charge on any atom is 0.309 e. The molecule has 0 saturated heterocycles. The molecule has 0 radical (unpaired) electrons. The summed E-state index contributed by atoms with van der Waals surface area (Å²) >= 11 is 1.31. The highest BCUT2D eigenvalue weighted by atomic mass is 32.1. The molecule has 0 aliphatic heterocycles. The second kappa shape index (κ2) is 8.10. The van der Waals surface area contributed by atoms with Gasteiger partial charge in [0.1, 0.15) is 6.04 Å². The van der Waals surface area contributed by atoms with Crippen LogP contribution in [0.5, 0.6) is 0 Å². The first-order valence-electron chi connectivity index (χ1n) is 7.50. The van der Waals surface area contributed by atoms with Gasteiger partial charge in [-0.2, -0.15) is 0 Å². The zero-order valence-corrected chi connectivity index (χ0v) is 14.7. The molecule has 3 N–H and O–H groups in total. The summed E-state index contributed by atoms with van der Waals surface area (Å²) in [4.78, 5) is 36.0. The molecule has 0 bridgehead atoms. The minimum absolute atomic E-state index is 0.0774. The summed E-state index contributed by atoms with van der Waals surface area (Å²) in [5.41, 5.74) is -0.902. The number of carbonyl (C=O) groups is 3. The fourth-order valence-corrected chi connectivity index (χ4v) is 2.50. The highest BCUT2D eigenvalue weighted by Gasteiger charge is 2.28. The topological polar surface area (TPSA) is 95.5 Å². The van der Waals surface area contributed by atoms with Gasteiger partial charge in [0.15, 0.2) is 0 Å². The summed E-state index contributed by atoms with van der Waals surface area (Å²) in [5, 5.41) is 16.3. The molecule has 0 saturated carbocycles. The molecule has 0 fully saturated rings. The van der Waals surface area contributed by atoms with E-state index in [1.807, 2.05) is 13.8 Å². The van der Waals surface area contributed by atoms with Crippen LogP contribution in [0.3, 0.4) is 0 Å². The lowest BCUT2D eigenvalue weighted by Gasteiger charge is -2.23. The predicted molar refractivity (Wildman–Crippen MR) is 89.5 cm³/mol. The largest absolute Gasteiger partial charge is 0.481 e. The number of aliphatic carboxylic acids is 1. The van der Waals surface area contributed by atoms with Gasteiger partial charge in [-0.3, -0.25) is 14.4 Å². The van der Waals surface area contributed by atoms with Crippen molar-refractivity contribution in [3.8, 4) is 0 Å². The Morgan fingerprint density at radius 2 is 1.96 bits per heavy atom. The third-order valence-corrected chi connectivity index (χ3v) is 4.48. The first-order valence-corrected chi connectivity index (χ1v) is 8.38. The fourth-order valence-electron chi connectivity index (χ4n) is 1.87. The molecule has 1 aromatic heterocycles. The van der Waals surface area contributed by atoms with Crippen molar-refractivity contribution in [2.75, 3.05) is 6.54 Å². The van der Waals surface area contributed by atoms with Crippen LogP contribution in [0.4, 0.5) is 0 Å². The lowest BCUT2D eigenvalue weighted by molar-refractivity contribution is -0.147. The number of amides is 2. The van der Waals surface area contributed by atoms with Crippen LogP contribution < -0.4 is 10.6 Å². The van der Waals surface area contributed by atoms with Crippen LogP contribution in [0.25, 0.3) is 0 Å². The maximum absolute atomic E-state index is 12.3.